The van der Waals surface area contributed by atoms with Gasteiger partial charge in [-0.15, -0.1) is 0 Å². The molecule has 0 N–H and O–H groups in total. The predicted octanol–water partition coefficient (Wildman–Crippen LogP) is -1.80. The van der Waals surface area contributed by atoms with Crippen LogP contribution in [0.4, 0.5) is 0 Å². The summed E-state index contributed by atoms with van der Waals surface area (Å²) < 4.78 is 4.76. The molecule has 0 aliphatic carbocycles. The fraction of sp³-hybridized carbons (Fsp3) is 0.333. The van der Waals surface area contributed by atoms with Gasteiger partial charge in [-0.1, -0.05) is 36.4 Å². The molecular weight excluding hydrogens is 267 g/mol. The number of benzene rings is 1. The molecule has 1 atom stereocenters. The third-order valence-corrected chi connectivity index (χ3v) is 2.76. The quantitative estimate of drug-likeness (QED) is 0.351. The number of rotatable bonds is 6. The smallest absolute Gasteiger partial charge is 0.549 e. The standard InChI is InChI=1S/C15H18O4.Na/c1-4-19-15(18)13(14(16)17)9-11-7-5-6-8-12(11)10(2)3;/h5-8,13H,2,4,9H2,1,3H3,(H,16,17);/q;+1/p-1. The van der Waals surface area contributed by atoms with Crippen molar-refractivity contribution >= 4 is 17.5 Å². The fourth-order valence-corrected chi connectivity index (χ4v) is 1.84. The predicted molar refractivity (Wildman–Crippen MR) is 70.0 cm³/mol. The minimum atomic E-state index is -1.42. The molecular formula is C15H17NaO4. The Morgan fingerprint density at radius 2 is 1.95 bits per heavy atom. The molecule has 102 valence electrons. The van der Waals surface area contributed by atoms with Crippen molar-refractivity contribution in [1.82, 2.24) is 0 Å². The van der Waals surface area contributed by atoms with Crippen molar-refractivity contribution in [2.45, 2.75) is 20.3 Å². The molecule has 1 aromatic rings. The van der Waals surface area contributed by atoms with Gasteiger partial charge in [0.05, 0.1) is 12.6 Å². The Morgan fingerprint density at radius 3 is 2.45 bits per heavy atom. The zero-order chi connectivity index (χ0) is 14.4. The maximum atomic E-state index is 11.6. The molecule has 20 heavy (non-hydrogen) atoms. The summed E-state index contributed by atoms with van der Waals surface area (Å²) in [5.74, 6) is -3.48. The van der Waals surface area contributed by atoms with Crippen LogP contribution < -0.4 is 34.7 Å². The first-order chi connectivity index (χ1) is 8.97. The number of carbonyl (C=O) groups excluding carboxylic acids is 2. The largest absolute Gasteiger partial charge is 1.00 e. The maximum absolute atomic E-state index is 11.6. The topological polar surface area (TPSA) is 66.4 Å². The number of carboxylic acid groups (broad SMARTS) is 1. The van der Waals surface area contributed by atoms with E-state index in [2.05, 4.69) is 6.58 Å². The number of carbonyl (C=O) groups is 2. The molecule has 0 aliphatic rings. The van der Waals surface area contributed by atoms with Gasteiger partial charge in [-0.05, 0) is 31.4 Å². The molecule has 0 fully saturated rings. The fourth-order valence-electron chi connectivity index (χ4n) is 1.84. The van der Waals surface area contributed by atoms with Crippen LogP contribution in [0.3, 0.4) is 0 Å². The normalized spacial score (nSPS) is 11.1. The van der Waals surface area contributed by atoms with Gasteiger partial charge in [0.25, 0.3) is 0 Å². The average molecular weight is 284 g/mol. The maximum Gasteiger partial charge on any atom is 1.00 e. The van der Waals surface area contributed by atoms with Gasteiger partial charge in [0.1, 0.15) is 5.92 Å². The van der Waals surface area contributed by atoms with E-state index >= 15 is 0 Å². The zero-order valence-corrected chi connectivity index (χ0v) is 14.1. The van der Waals surface area contributed by atoms with E-state index in [4.69, 9.17) is 4.74 Å². The molecule has 5 heteroatoms. The second kappa shape index (κ2) is 8.95. The molecule has 4 nitrogen and oxygen atoms in total. The first-order valence-corrected chi connectivity index (χ1v) is 6.08. The van der Waals surface area contributed by atoms with E-state index in [0.29, 0.717) is 0 Å². The Labute approximate surface area is 141 Å². The summed E-state index contributed by atoms with van der Waals surface area (Å²) in [6, 6.07) is 7.25. The molecule has 0 bridgehead atoms. The first kappa shape index (κ1) is 18.9. The second-order valence-corrected chi connectivity index (χ2v) is 4.27. The van der Waals surface area contributed by atoms with Crippen LogP contribution in [-0.2, 0) is 20.7 Å². The number of hydrogen-bond donors (Lipinski definition) is 0. The van der Waals surface area contributed by atoms with Crippen LogP contribution in [0.15, 0.2) is 30.8 Å². The summed E-state index contributed by atoms with van der Waals surface area (Å²) in [6.07, 6.45) is 0.0458. The van der Waals surface area contributed by atoms with E-state index in [9.17, 15) is 14.7 Å². The van der Waals surface area contributed by atoms with Crippen molar-refractivity contribution in [2.75, 3.05) is 6.61 Å². The van der Waals surface area contributed by atoms with Crippen molar-refractivity contribution in [3.05, 3.63) is 42.0 Å². The summed E-state index contributed by atoms with van der Waals surface area (Å²) in [6.45, 7) is 7.45. The van der Waals surface area contributed by atoms with Crippen molar-refractivity contribution in [3.8, 4) is 0 Å². The summed E-state index contributed by atoms with van der Waals surface area (Å²) >= 11 is 0. The van der Waals surface area contributed by atoms with Crippen LogP contribution in [0.25, 0.3) is 5.57 Å². The van der Waals surface area contributed by atoms with Gasteiger partial charge in [0.2, 0.25) is 0 Å². The summed E-state index contributed by atoms with van der Waals surface area (Å²) in [7, 11) is 0. The average Bonchev–Trinajstić information content (AvgIpc) is 2.36. The van der Waals surface area contributed by atoms with Gasteiger partial charge < -0.3 is 14.6 Å². The Hall–Kier alpha value is -1.10. The molecule has 0 spiro atoms. The number of allylic oxidation sites excluding steroid dienone is 1. The van der Waals surface area contributed by atoms with Crippen LogP contribution >= 0.6 is 0 Å². The van der Waals surface area contributed by atoms with Gasteiger partial charge in [0.15, 0.2) is 0 Å². The summed E-state index contributed by atoms with van der Waals surface area (Å²) in [4.78, 5) is 22.7. The van der Waals surface area contributed by atoms with Crippen LogP contribution in [0, 0.1) is 5.92 Å². The van der Waals surface area contributed by atoms with Crippen LogP contribution in [0.2, 0.25) is 0 Å². The van der Waals surface area contributed by atoms with E-state index in [1.54, 1.807) is 19.1 Å². The second-order valence-electron chi connectivity index (χ2n) is 4.27. The van der Waals surface area contributed by atoms with Crippen LogP contribution in [0.5, 0.6) is 0 Å². The number of hydrogen-bond acceptors (Lipinski definition) is 4. The molecule has 0 aliphatic heterocycles. The third kappa shape index (κ3) is 5.12. The molecule has 1 rings (SSSR count). The van der Waals surface area contributed by atoms with Gasteiger partial charge in [0, 0.05) is 0 Å². The minimum Gasteiger partial charge on any atom is -0.549 e. The molecule has 1 aromatic carbocycles. The number of carboxylic acids is 1. The first-order valence-electron chi connectivity index (χ1n) is 6.08. The molecule has 0 heterocycles. The van der Waals surface area contributed by atoms with E-state index in [-0.39, 0.29) is 42.6 Å². The molecule has 0 saturated carbocycles. The Morgan fingerprint density at radius 1 is 1.35 bits per heavy atom. The van der Waals surface area contributed by atoms with Gasteiger partial charge in [-0.25, -0.2) is 0 Å². The molecule has 0 aromatic heterocycles. The SMILES string of the molecule is C=C(C)c1ccccc1CC(C(=O)[O-])C(=O)OCC.[Na+]. The van der Waals surface area contributed by atoms with Crippen LogP contribution in [0.1, 0.15) is 25.0 Å². The van der Waals surface area contributed by atoms with Crippen molar-refractivity contribution in [3.63, 3.8) is 0 Å². The van der Waals surface area contributed by atoms with Gasteiger partial charge in [-0.3, -0.25) is 4.79 Å². The molecule has 0 saturated heterocycles. The van der Waals surface area contributed by atoms with E-state index in [1.807, 2.05) is 19.1 Å². The Balaban J connectivity index is 0.00000361. The minimum absolute atomic E-state index is 0. The van der Waals surface area contributed by atoms with Gasteiger partial charge in [-0.2, -0.15) is 0 Å². The number of aliphatic carboxylic acids is 1. The Kier molecular flexibility index (Phi) is 8.46. The zero-order valence-electron chi connectivity index (χ0n) is 12.1. The molecule has 0 radical (unpaired) electrons. The van der Waals surface area contributed by atoms with Crippen molar-refractivity contribution in [2.24, 2.45) is 5.92 Å². The molecule has 1 unspecified atom stereocenters. The Bertz CT molecular complexity index is 496. The van der Waals surface area contributed by atoms with E-state index in [0.717, 1.165) is 16.7 Å². The monoisotopic (exact) mass is 284 g/mol. The number of ether oxygens (including phenoxy) is 1. The van der Waals surface area contributed by atoms with E-state index in [1.165, 1.54) is 0 Å². The van der Waals surface area contributed by atoms with Gasteiger partial charge >= 0.3 is 35.5 Å². The summed E-state index contributed by atoms with van der Waals surface area (Å²) in [5, 5.41) is 11.1. The molecule has 0 amide bonds. The summed E-state index contributed by atoms with van der Waals surface area (Å²) in [5.41, 5.74) is 2.41. The number of esters is 1. The van der Waals surface area contributed by atoms with Crippen LogP contribution in [-0.4, -0.2) is 18.5 Å². The van der Waals surface area contributed by atoms with Crippen molar-refractivity contribution < 1.29 is 49.0 Å². The third-order valence-electron chi connectivity index (χ3n) is 2.76. The van der Waals surface area contributed by atoms with E-state index < -0.39 is 17.9 Å². The van der Waals surface area contributed by atoms with Crippen molar-refractivity contribution in [1.29, 1.82) is 0 Å².